The number of imidazole rings is 1. The monoisotopic (exact) mass is 518 g/mol. The molecule has 1 fully saturated rings. The van der Waals surface area contributed by atoms with Crippen LogP contribution in [0.3, 0.4) is 0 Å². The standard InChI is InChI=1S/C10H13N4O8P.2Na.7H2O/c15-6-4(1-21-23(18,19)20)22-10(7(6)16)14-3-13-5-8(14)11-2-12-9(5)17;;;;;;;;;/h2-4,6-7,10,15-16H,1H2,(H,11,12,17)(H2,18,19,20);;;7*1H2/q;2*+1;;;;;;;/p-2/t4-,6-,7-,10+;;;;;;;;;/m1........./s1. The van der Waals surface area contributed by atoms with Crippen molar-refractivity contribution >= 4 is 19.0 Å². The molecule has 0 bridgehead atoms. The van der Waals surface area contributed by atoms with Crippen molar-refractivity contribution in [2.45, 2.75) is 24.5 Å². The fourth-order valence-corrected chi connectivity index (χ4v) is 2.64. The Kier molecular flexibility index (Phi) is 29.8. The maximum absolute atomic E-state index is 11.6. The molecule has 3 heterocycles. The molecule has 182 valence electrons. The minimum Gasteiger partial charge on any atom is -0.790 e. The molecule has 22 heteroatoms. The van der Waals surface area contributed by atoms with Crippen molar-refractivity contribution in [2.75, 3.05) is 6.61 Å². The molecular formula is C10H25N4Na2O15P. The number of aliphatic hydroxyl groups is 2. The van der Waals surface area contributed by atoms with E-state index in [0.29, 0.717) is 0 Å². The van der Waals surface area contributed by atoms with Gasteiger partial charge in [0.25, 0.3) is 5.56 Å². The number of phosphoric ester groups is 1. The summed E-state index contributed by atoms with van der Waals surface area (Å²) in [5.41, 5.74) is -0.397. The van der Waals surface area contributed by atoms with Crippen molar-refractivity contribution in [3.63, 3.8) is 0 Å². The Morgan fingerprint density at radius 1 is 1.06 bits per heavy atom. The smallest absolute Gasteiger partial charge is 0.790 e. The van der Waals surface area contributed by atoms with Gasteiger partial charge in [-0.25, -0.2) is 9.97 Å². The molecular weight excluding hydrogens is 493 g/mol. The van der Waals surface area contributed by atoms with Crippen LogP contribution in [0.25, 0.3) is 11.2 Å². The molecule has 17 N–H and O–H groups in total. The Balaban J connectivity index is -0.000000139. The van der Waals surface area contributed by atoms with Crippen LogP contribution in [0.4, 0.5) is 0 Å². The molecule has 4 atom stereocenters. The van der Waals surface area contributed by atoms with Gasteiger partial charge in [0.1, 0.15) is 18.3 Å². The molecule has 3 rings (SSSR count). The fourth-order valence-electron chi connectivity index (χ4n) is 2.31. The van der Waals surface area contributed by atoms with Crippen LogP contribution in [-0.2, 0) is 13.8 Å². The first-order chi connectivity index (χ1) is 10.8. The number of hydrogen-bond donors (Lipinski definition) is 3. The van der Waals surface area contributed by atoms with E-state index in [2.05, 4.69) is 19.5 Å². The van der Waals surface area contributed by atoms with E-state index in [1.54, 1.807) is 0 Å². The number of ether oxygens (including phenoxy) is 1. The normalized spacial score (nSPS) is 20.5. The summed E-state index contributed by atoms with van der Waals surface area (Å²) in [6.45, 7) is -0.750. The Morgan fingerprint density at radius 3 is 2.09 bits per heavy atom. The summed E-state index contributed by atoms with van der Waals surface area (Å²) >= 11 is 0. The number of aromatic amines is 1. The fraction of sp³-hybridized carbons (Fsp3) is 0.500. The molecule has 2 aromatic heterocycles. The average molecular weight is 518 g/mol. The van der Waals surface area contributed by atoms with Crippen molar-refractivity contribution in [3.8, 4) is 0 Å². The maximum atomic E-state index is 11.6. The zero-order valence-electron chi connectivity index (χ0n) is 16.8. The third-order valence-corrected chi connectivity index (χ3v) is 3.84. The van der Waals surface area contributed by atoms with Crippen LogP contribution in [0.1, 0.15) is 6.23 Å². The molecule has 1 aliphatic rings. The van der Waals surface area contributed by atoms with E-state index >= 15 is 0 Å². The van der Waals surface area contributed by atoms with Crippen LogP contribution in [-0.4, -0.2) is 93.0 Å². The number of nitrogens with one attached hydrogen (secondary N) is 1. The minimum absolute atomic E-state index is 0. The summed E-state index contributed by atoms with van der Waals surface area (Å²) in [7, 11) is -5.24. The molecule has 32 heavy (non-hydrogen) atoms. The van der Waals surface area contributed by atoms with Crippen LogP contribution in [0.5, 0.6) is 0 Å². The number of phosphoric acid groups is 1. The zero-order chi connectivity index (χ0) is 16.8. The first-order valence-corrected chi connectivity index (χ1v) is 7.82. The first kappa shape index (κ1) is 49.2. The number of fused-ring (bicyclic) bond motifs is 1. The van der Waals surface area contributed by atoms with Gasteiger partial charge in [-0.3, -0.25) is 9.36 Å². The number of nitrogens with zero attached hydrogens (tertiary/aromatic N) is 3. The third-order valence-electron chi connectivity index (χ3n) is 3.37. The molecule has 1 saturated heterocycles. The summed E-state index contributed by atoms with van der Waals surface area (Å²) in [5, 5.41) is 19.9. The number of H-pyrrole nitrogens is 1. The number of rotatable bonds is 4. The van der Waals surface area contributed by atoms with Gasteiger partial charge in [0, 0.05) is 0 Å². The van der Waals surface area contributed by atoms with Gasteiger partial charge in [-0.05, 0) is 0 Å². The molecule has 0 aromatic carbocycles. The second kappa shape index (κ2) is 19.4. The molecule has 0 amide bonds. The second-order valence-electron chi connectivity index (χ2n) is 4.84. The zero-order valence-corrected chi connectivity index (χ0v) is 21.7. The maximum Gasteiger partial charge on any atom is 1.00 e. The summed E-state index contributed by atoms with van der Waals surface area (Å²) in [5.74, 6) is 0. The average Bonchev–Trinajstić information content (AvgIpc) is 3.01. The van der Waals surface area contributed by atoms with Crippen molar-refractivity contribution in [2.24, 2.45) is 0 Å². The predicted octanol–water partition coefficient (Wildman–Crippen LogP) is -15.2. The summed E-state index contributed by atoms with van der Waals surface area (Å²) in [6, 6.07) is 0. The predicted molar refractivity (Wildman–Crippen MR) is 92.9 cm³/mol. The van der Waals surface area contributed by atoms with Gasteiger partial charge in [-0.15, -0.1) is 0 Å². The molecule has 19 nitrogen and oxygen atoms in total. The first-order valence-electron chi connectivity index (χ1n) is 6.36. The van der Waals surface area contributed by atoms with E-state index in [4.69, 9.17) is 4.74 Å². The molecule has 0 radical (unpaired) electrons. The SMILES string of the molecule is O.O.O.O.O.O.O.O=c1[nH]cnc2c1ncn2[C@H]1O[C@H](COP(=O)([O-])[O-])[C@@H](O)[C@H]1O.[Na+].[Na+]. The van der Waals surface area contributed by atoms with Crippen molar-refractivity contribution < 1.29 is 131 Å². The Bertz CT molecular complexity index is 834. The van der Waals surface area contributed by atoms with Crippen LogP contribution < -0.4 is 74.5 Å². The summed E-state index contributed by atoms with van der Waals surface area (Å²) in [6.07, 6.45) is -3.11. The Labute approximate surface area is 222 Å². The van der Waals surface area contributed by atoms with Crippen molar-refractivity contribution in [1.82, 2.24) is 19.5 Å². The van der Waals surface area contributed by atoms with Crippen molar-refractivity contribution in [3.05, 3.63) is 23.0 Å². The van der Waals surface area contributed by atoms with Crippen LogP contribution in [0, 0.1) is 0 Å². The second-order valence-corrected chi connectivity index (χ2v) is 6.00. The van der Waals surface area contributed by atoms with Gasteiger partial charge in [0.05, 0.1) is 27.1 Å². The van der Waals surface area contributed by atoms with Gasteiger partial charge in [0.2, 0.25) is 0 Å². The quantitative estimate of drug-likeness (QED) is 0.253. The van der Waals surface area contributed by atoms with E-state index in [0.717, 1.165) is 6.33 Å². The molecule has 2 aromatic rings. The summed E-state index contributed by atoms with van der Waals surface area (Å²) in [4.78, 5) is 42.6. The van der Waals surface area contributed by atoms with E-state index in [9.17, 15) is 29.4 Å². The van der Waals surface area contributed by atoms with Crippen LogP contribution in [0.15, 0.2) is 17.4 Å². The molecule has 0 spiro atoms. The number of aromatic nitrogens is 4. The number of hydrogen-bond acceptors (Lipinski definition) is 10. The van der Waals surface area contributed by atoms with Crippen molar-refractivity contribution in [1.29, 1.82) is 0 Å². The third kappa shape index (κ3) is 10.5. The summed E-state index contributed by atoms with van der Waals surface area (Å²) < 4.78 is 21.1. The van der Waals surface area contributed by atoms with Gasteiger partial charge >= 0.3 is 59.1 Å². The number of aliphatic hydroxyl groups excluding tert-OH is 2. The van der Waals surface area contributed by atoms with E-state index in [-0.39, 0.29) is 109 Å². The molecule has 0 saturated carbocycles. The molecule has 0 unspecified atom stereocenters. The van der Waals surface area contributed by atoms with Gasteiger partial charge < -0.3 is 77.1 Å². The van der Waals surface area contributed by atoms with Crippen LogP contribution in [0.2, 0.25) is 0 Å². The molecule has 0 aliphatic carbocycles. The Morgan fingerprint density at radius 2 is 1.59 bits per heavy atom. The minimum atomic E-state index is -5.24. The van der Waals surface area contributed by atoms with Gasteiger partial charge in [-0.2, -0.15) is 0 Å². The largest absolute Gasteiger partial charge is 1.00 e. The van der Waals surface area contributed by atoms with E-state index < -0.39 is 44.5 Å². The van der Waals surface area contributed by atoms with Gasteiger partial charge in [0.15, 0.2) is 17.4 Å². The molecule has 1 aliphatic heterocycles. The van der Waals surface area contributed by atoms with E-state index in [1.807, 2.05) is 0 Å². The van der Waals surface area contributed by atoms with Crippen LogP contribution >= 0.6 is 7.82 Å². The van der Waals surface area contributed by atoms with Gasteiger partial charge in [-0.1, -0.05) is 0 Å². The topological polar surface area (TPSA) is 406 Å². The van der Waals surface area contributed by atoms with E-state index in [1.165, 1.54) is 10.9 Å². The Hall–Kier alpha value is 0.0600.